The van der Waals surface area contributed by atoms with Crippen LogP contribution in [0, 0.1) is 0 Å². The fraction of sp³-hybridized carbons (Fsp3) is 0.150. The number of methoxy groups -OCH3 is 1. The molecule has 1 aromatic heterocycles. The van der Waals surface area contributed by atoms with Gasteiger partial charge in [-0.05, 0) is 30.0 Å². The number of amides is 1. The van der Waals surface area contributed by atoms with Crippen molar-refractivity contribution in [2.45, 2.75) is 10.1 Å². The minimum absolute atomic E-state index is 0.0214. The van der Waals surface area contributed by atoms with E-state index in [2.05, 4.69) is 10.3 Å². The summed E-state index contributed by atoms with van der Waals surface area (Å²) in [7, 11) is 1.66. The van der Waals surface area contributed by atoms with E-state index >= 15 is 0 Å². The zero-order valence-electron chi connectivity index (χ0n) is 15.0. The summed E-state index contributed by atoms with van der Waals surface area (Å²) < 4.78 is 13.3. The van der Waals surface area contributed by atoms with Crippen LogP contribution in [0.5, 0.6) is 5.75 Å². The maximum absolute atomic E-state index is 11.7. The second-order valence-electron chi connectivity index (χ2n) is 6.34. The van der Waals surface area contributed by atoms with Gasteiger partial charge in [-0.2, -0.15) is 5.10 Å². The molecular weight excluding hydrogens is 376 g/mol. The van der Waals surface area contributed by atoms with Crippen LogP contribution in [0.4, 0.5) is 5.69 Å². The van der Waals surface area contributed by atoms with Gasteiger partial charge in [-0.15, -0.1) is 0 Å². The van der Waals surface area contributed by atoms with Gasteiger partial charge in [-0.1, -0.05) is 30.3 Å². The Balaban J connectivity index is 1.70. The van der Waals surface area contributed by atoms with Gasteiger partial charge in [0.05, 0.1) is 5.69 Å². The van der Waals surface area contributed by atoms with Gasteiger partial charge < -0.3 is 14.8 Å². The summed E-state index contributed by atoms with van der Waals surface area (Å²) >= 11 is 1.49. The quantitative estimate of drug-likeness (QED) is 0.741. The van der Waals surface area contributed by atoms with Crippen LogP contribution in [-0.4, -0.2) is 35.0 Å². The number of nitrogens with zero attached hydrogens (tertiary/aromatic N) is 3. The number of rotatable bonds is 3. The van der Waals surface area contributed by atoms with Crippen LogP contribution in [0.3, 0.4) is 0 Å². The van der Waals surface area contributed by atoms with E-state index in [4.69, 9.17) is 14.6 Å². The normalized spacial score (nSPS) is 20.5. The average Bonchev–Trinajstić information content (AvgIpc) is 3.20. The highest BCUT2D eigenvalue weighted by Crippen LogP contribution is 2.47. The summed E-state index contributed by atoms with van der Waals surface area (Å²) in [4.78, 5) is 15.3. The van der Waals surface area contributed by atoms with Crippen LogP contribution in [0.1, 0.15) is 11.1 Å². The van der Waals surface area contributed by atoms with Crippen molar-refractivity contribution in [3.63, 3.8) is 0 Å². The van der Waals surface area contributed by atoms with Crippen molar-refractivity contribution in [3.05, 3.63) is 72.1 Å². The average molecular weight is 392 g/mol. The molecule has 0 saturated heterocycles. The molecule has 140 valence electrons. The van der Waals surface area contributed by atoms with Crippen LogP contribution in [-0.2, 0) is 14.5 Å². The molecule has 0 saturated carbocycles. The summed E-state index contributed by atoms with van der Waals surface area (Å²) in [6.07, 6.45) is 3.51. The van der Waals surface area contributed by atoms with Crippen molar-refractivity contribution in [1.82, 2.24) is 9.66 Å². The SMILES string of the molecule is COC1(c2ccccc2)Sc2nccn2N=C1c1ccc2c(c1)NC(=O)CO2. The van der Waals surface area contributed by atoms with Crippen LogP contribution in [0.25, 0.3) is 0 Å². The highest BCUT2D eigenvalue weighted by atomic mass is 32.2. The molecule has 3 heterocycles. The molecule has 7 nitrogen and oxygen atoms in total. The fourth-order valence-corrected chi connectivity index (χ4v) is 4.53. The highest BCUT2D eigenvalue weighted by molar-refractivity contribution is 8.00. The zero-order valence-corrected chi connectivity index (χ0v) is 15.8. The van der Waals surface area contributed by atoms with Gasteiger partial charge in [0.15, 0.2) is 16.7 Å². The van der Waals surface area contributed by atoms with E-state index in [0.29, 0.717) is 17.1 Å². The van der Waals surface area contributed by atoms with Gasteiger partial charge in [-0.3, -0.25) is 4.79 Å². The van der Waals surface area contributed by atoms with Crippen molar-refractivity contribution < 1.29 is 14.3 Å². The first-order chi connectivity index (χ1) is 13.7. The Kier molecular flexibility index (Phi) is 3.96. The predicted molar refractivity (Wildman–Crippen MR) is 106 cm³/mol. The van der Waals surface area contributed by atoms with Crippen LogP contribution in [0.2, 0.25) is 0 Å². The second-order valence-corrected chi connectivity index (χ2v) is 7.48. The van der Waals surface area contributed by atoms with Gasteiger partial charge in [0.1, 0.15) is 11.5 Å². The highest BCUT2D eigenvalue weighted by Gasteiger charge is 2.44. The Morgan fingerprint density at radius 3 is 2.93 bits per heavy atom. The summed E-state index contributed by atoms with van der Waals surface area (Å²) in [5.74, 6) is 0.459. The molecular formula is C20H16N4O3S. The van der Waals surface area contributed by atoms with E-state index in [1.165, 1.54) is 11.8 Å². The van der Waals surface area contributed by atoms with Gasteiger partial charge in [0, 0.05) is 30.6 Å². The minimum Gasteiger partial charge on any atom is -0.482 e. The third-order valence-electron chi connectivity index (χ3n) is 4.67. The monoisotopic (exact) mass is 392 g/mol. The molecule has 3 aromatic rings. The van der Waals surface area contributed by atoms with E-state index in [0.717, 1.165) is 16.3 Å². The lowest BCUT2D eigenvalue weighted by Crippen LogP contribution is -2.38. The van der Waals surface area contributed by atoms with Crippen LogP contribution < -0.4 is 10.1 Å². The molecule has 0 radical (unpaired) electrons. The minimum atomic E-state index is -0.879. The molecule has 1 N–H and O–H groups in total. The first-order valence-corrected chi connectivity index (χ1v) is 9.51. The molecule has 0 bridgehead atoms. The number of aromatic nitrogens is 2. The lowest BCUT2D eigenvalue weighted by molar-refractivity contribution is -0.118. The molecule has 8 heteroatoms. The summed E-state index contributed by atoms with van der Waals surface area (Å²) in [6, 6.07) is 15.5. The largest absolute Gasteiger partial charge is 0.482 e. The van der Waals surface area contributed by atoms with Crippen molar-refractivity contribution in [1.29, 1.82) is 0 Å². The van der Waals surface area contributed by atoms with E-state index in [9.17, 15) is 4.79 Å². The summed E-state index contributed by atoms with van der Waals surface area (Å²) in [5, 5.41) is 8.41. The lowest BCUT2D eigenvalue weighted by Gasteiger charge is -2.36. The lowest BCUT2D eigenvalue weighted by atomic mass is 9.97. The van der Waals surface area contributed by atoms with Crippen molar-refractivity contribution >= 4 is 29.1 Å². The molecule has 0 spiro atoms. The maximum Gasteiger partial charge on any atom is 0.262 e. The number of ether oxygens (including phenoxy) is 2. The molecule has 1 atom stereocenters. The molecule has 2 aliphatic rings. The smallest absolute Gasteiger partial charge is 0.262 e. The molecule has 2 aromatic carbocycles. The Labute approximate surface area is 165 Å². The summed E-state index contributed by atoms with van der Waals surface area (Å²) in [6.45, 7) is 0.0214. The number of fused-ring (bicyclic) bond motifs is 2. The van der Waals surface area contributed by atoms with Crippen LogP contribution in [0.15, 0.2) is 71.2 Å². The number of hydrogen-bond acceptors (Lipinski definition) is 6. The number of anilines is 1. The molecule has 5 rings (SSSR count). The second kappa shape index (κ2) is 6.50. The Morgan fingerprint density at radius 1 is 1.25 bits per heavy atom. The van der Waals surface area contributed by atoms with E-state index in [1.807, 2.05) is 48.5 Å². The molecule has 0 aliphatic carbocycles. The molecule has 1 amide bonds. The van der Waals surface area contributed by atoms with E-state index in [-0.39, 0.29) is 12.5 Å². The van der Waals surface area contributed by atoms with Crippen molar-refractivity contribution in [2.75, 3.05) is 19.0 Å². The number of hydrogen-bond donors (Lipinski definition) is 1. The number of thioether (sulfide) groups is 1. The standard InChI is InChI=1S/C20H16N4O3S/c1-26-20(14-5-3-2-4-6-14)18(23-24-10-9-21-19(24)28-20)13-7-8-16-15(11-13)22-17(25)12-27-16/h2-11H,12H2,1H3,(H,22,25). The van der Waals surface area contributed by atoms with Crippen molar-refractivity contribution in [2.24, 2.45) is 5.10 Å². The van der Waals surface area contributed by atoms with Crippen LogP contribution >= 0.6 is 11.8 Å². The Hall–Kier alpha value is -3.10. The third-order valence-corrected chi connectivity index (χ3v) is 6.03. The van der Waals surface area contributed by atoms with E-state index < -0.39 is 4.93 Å². The van der Waals surface area contributed by atoms with Gasteiger partial charge in [0.25, 0.3) is 5.91 Å². The number of carbonyl (C=O) groups excluding carboxylic acids is 1. The summed E-state index contributed by atoms with van der Waals surface area (Å²) in [5.41, 5.74) is 3.10. The third kappa shape index (κ3) is 2.61. The number of carbonyl (C=O) groups is 1. The first kappa shape index (κ1) is 17.0. The Morgan fingerprint density at radius 2 is 2.11 bits per heavy atom. The first-order valence-electron chi connectivity index (χ1n) is 8.69. The zero-order chi connectivity index (χ0) is 19.1. The van der Waals surface area contributed by atoms with Gasteiger partial charge >= 0.3 is 0 Å². The molecule has 0 fully saturated rings. The van der Waals surface area contributed by atoms with Gasteiger partial charge in [0.2, 0.25) is 0 Å². The maximum atomic E-state index is 11.7. The van der Waals surface area contributed by atoms with Crippen molar-refractivity contribution in [3.8, 4) is 5.75 Å². The fourth-order valence-electron chi connectivity index (χ4n) is 3.37. The van der Waals surface area contributed by atoms with E-state index in [1.54, 1.807) is 24.2 Å². The Bertz CT molecular complexity index is 1100. The molecule has 2 aliphatic heterocycles. The number of benzene rings is 2. The molecule has 28 heavy (non-hydrogen) atoms. The number of nitrogens with one attached hydrogen (secondary N) is 1. The molecule has 1 unspecified atom stereocenters. The number of imidazole rings is 1. The van der Waals surface area contributed by atoms with Gasteiger partial charge in [-0.25, -0.2) is 9.66 Å². The topological polar surface area (TPSA) is 77.7 Å². The predicted octanol–water partition coefficient (Wildman–Crippen LogP) is 3.07.